The first kappa shape index (κ1) is 11.4. The lowest BCUT2D eigenvalue weighted by atomic mass is 10.2. The molecule has 3 heteroatoms. The quantitative estimate of drug-likeness (QED) is 0.466. The molecular weight excluding hydrogens is 154 g/mol. The summed E-state index contributed by atoms with van der Waals surface area (Å²) in [6.07, 6.45) is 4.16. The first-order chi connectivity index (χ1) is 5.81. The van der Waals surface area contributed by atoms with E-state index in [0.717, 1.165) is 13.1 Å². The third kappa shape index (κ3) is 7.54. The largest absolute Gasteiger partial charge is 0.469 e. The first-order valence-electron chi connectivity index (χ1n) is 4.58. The molecule has 12 heavy (non-hydrogen) atoms. The molecule has 0 spiro atoms. The molecular formula is C9H19NO2. The Morgan fingerprint density at radius 2 is 2.08 bits per heavy atom. The average Bonchev–Trinajstić information content (AvgIpc) is 2.10. The van der Waals surface area contributed by atoms with Crippen LogP contribution in [0, 0.1) is 0 Å². The average molecular weight is 173 g/mol. The summed E-state index contributed by atoms with van der Waals surface area (Å²) in [7, 11) is 1.42. The van der Waals surface area contributed by atoms with Crippen LogP contribution in [-0.4, -0.2) is 26.2 Å². The van der Waals surface area contributed by atoms with Gasteiger partial charge >= 0.3 is 5.97 Å². The summed E-state index contributed by atoms with van der Waals surface area (Å²) >= 11 is 0. The van der Waals surface area contributed by atoms with Gasteiger partial charge in [-0.25, -0.2) is 0 Å². The van der Waals surface area contributed by atoms with Gasteiger partial charge in [0.1, 0.15) is 0 Å². The van der Waals surface area contributed by atoms with Gasteiger partial charge in [0, 0.05) is 6.54 Å². The highest BCUT2D eigenvalue weighted by molar-refractivity contribution is 5.69. The summed E-state index contributed by atoms with van der Waals surface area (Å²) < 4.78 is 4.50. The number of nitrogens with one attached hydrogen (secondary N) is 1. The lowest BCUT2D eigenvalue weighted by Gasteiger charge is -2.02. The molecule has 1 N–H and O–H groups in total. The van der Waals surface area contributed by atoms with Crippen molar-refractivity contribution in [3.63, 3.8) is 0 Å². The number of hydrogen-bond donors (Lipinski definition) is 1. The van der Waals surface area contributed by atoms with Crippen molar-refractivity contribution in [1.82, 2.24) is 5.32 Å². The maximum Gasteiger partial charge on any atom is 0.306 e. The number of ether oxygens (including phenoxy) is 1. The summed E-state index contributed by atoms with van der Waals surface area (Å²) in [4.78, 5) is 10.6. The van der Waals surface area contributed by atoms with Crippen molar-refractivity contribution in [3.05, 3.63) is 0 Å². The molecule has 0 fully saturated rings. The molecule has 0 rings (SSSR count). The van der Waals surface area contributed by atoms with E-state index in [2.05, 4.69) is 17.0 Å². The van der Waals surface area contributed by atoms with E-state index in [9.17, 15) is 4.79 Å². The van der Waals surface area contributed by atoms with Crippen LogP contribution in [-0.2, 0) is 9.53 Å². The van der Waals surface area contributed by atoms with Crippen molar-refractivity contribution in [3.8, 4) is 0 Å². The minimum atomic E-state index is -0.141. The van der Waals surface area contributed by atoms with Crippen LogP contribution in [0.15, 0.2) is 0 Å². The fourth-order valence-electron chi connectivity index (χ4n) is 0.918. The van der Waals surface area contributed by atoms with Gasteiger partial charge in [0.2, 0.25) is 0 Å². The van der Waals surface area contributed by atoms with Crippen LogP contribution < -0.4 is 5.32 Å². The third-order valence-electron chi connectivity index (χ3n) is 1.69. The van der Waals surface area contributed by atoms with Crippen LogP contribution in [0.2, 0.25) is 0 Å². The highest BCUT2D eigenvalue weighted by Gasteiger charge is 1.97. The van der Waals surface area contributed by atoms with E-state index < -0.39 is 0 Å². The fourth-order valence-corrected chi connectivity index (χ4v) is 0.918. The number of carbonyl (C=O) groups is 1. The predicted molar refractivity (Wildman–Crippen MR) is 49.0 cm³/mol. The number of carbonyl (C=O) groups excluding carboxylic acids is 1. The van der Waals surface area contributed by atoms with Gasteiger partial charge in [0.25, 0.3) is 0 Å². The van der Waals surface area contributed by atoms with E-state index in [1.54, 1.807) is 0 Å². The van der Waals surface area contributed by atoms with E-state index in [1.165, 1.54) is 26.4 Å². The zero-order chi connectivity index (χ0) is 9.23. The second-order valence-electron chi connectivity index (χ2n) is 2.78. The lowest BCUT2D eigenvalue weighted by Crippen LogP contribution is -2.19. The molecule has 0 amide bonds. The zero-order valence-corrected chi connectivity index (χ0v) is 8.06. The molecule has 0 radical (unpaired) electrons. The van der Waals surface area contributed by atoms with Crippen LogP contribution in [0.4, 0.5) is 0 Å². The Labute approximate surface area is 74.5 Å². The lowest BCUT2D eigenvalue weighted by molar-refractivity contribution is -0.140. The Hall–Kier alpha value is -0.570. The van der Waals surface area contributed by atoms with Crippen LogP contribution in [0.5, 0.6) is 0 Å². The van der Waals surface area contributed by atoms with Crippen molar-refractivity contribution < 1.29 is 9.53 Å². The standard InChI is InChI=1S/C9H19NO2/c1-3-4-5-7-10-8-6-9(11)12-2/h10H,3-8H2,1-2H3. The van der Waals surface area contributed by atoms with E-state index >= 15 is 0 Å². The zero-order valence-electron chi connectivity index (χ0n) is 8.06. The summed E-state index contributed by atoms with van der Waals surface area (Å²) in [6, 6.07) is 0. The smallest absolute Gasteiger partial charge is 0.306 e. The minimum absolute atomic E-state index is 0.141. The molecule has 0 saturated heterocycles. The van der Waals surface area contributed by atoms with E-state index in [4.69, 9.17) is 0 Å². The molecule has 0 unspecified atom stereocenters. The van der Waals surface area contributed by atoms with Crippen molar-refractivity contribution >= 4 is 5.97 Å². The number of esters is 1. The maximum atomic E-state index is 10.6. The number of hydrogen-bond acceptors (Lipinski definition) is 3. The highest BCUT2D eigenvalue weighted by atomic mass is 16.5. The molecule has 0 bridgehead atoms. The van der Waals surface area contributed by atoms with Crippen molar-refractivity contribution in [2.75, 3.05) is 20.2 Å². The summed E-state index contributed by atoms with van der Waals surface area (Å²) in [6.45, 7) is 3.91. The molecule has 0 saturated carbocycles. The van der Waals surface area contributed by atoms with Gasteiger partial charge in [0.05, 0.1) is 13.5 Å². The third-order valence-corrected chi connectivity index (χ3v) is 1.69. The highest BCUT2D eigenvalue weighted by Crippen LogP contribution is 1.91. The minimum Gasteiger partial charge on any atom is -0.469 e. The van der Waals surface area contributed by atoms with Crippen molar-refractivity contribution in [2.24, 2.45) is 0 Å². The van der Waals surface area contributed by atoms with Gasteiger partial charge in [-0.15, -0.1) is 0 Å². The Balaban J connectivity index is 2.95. The molecule has 0 aromatic heterocycles. The molecule has 0 aromatic rings. The van der Waals surface area contributed by atoms with Crippen LogP contribution in [0.25, 0.3) is 0 Å². The number of unbranched alkanes of at least 4 members (excludes halogenated alkanes) is 2. The number of methoxy groups -OCH3 is 1. The molecule has 0 aromatic carbocycles. The van der Waals surface area contributed by atoms with Crippen LogP contribution in [0.1, 0.15) is 32.6 Å². The fraction of sp³-hybridized carbons (Fsp3) is 0.889. The molecule has 0 heterocycles. The Kier molecular flexibility index (Phi) is 8.12. The van der Waals surface area contributed by atoms with Gasteiger partial charge < -0.3 is 10.1 Å². The molecule has 0 aliphatic rings. The normalized spacial score (nSPS) is 9.83. The Morgan fingerprint density at radius 3 is 2.67 bits per heavy atom. The maximum absolute atomic E-state index is 10.6. The van der Waals surface area contributed by atoms with Gasteiger partial charge in [-0.2, -0.15) is 0 Å². The molecule has 0 aliphatic carbocycles. The summed E-state index contributed by atoms with van der Waals surface area (Å²) in [5.74, 6) is -0.141. The van der Waals surface area contributed by atoms with Gasteiger partial charge in [0.15, 0.2) is 0 Å². The monoisotopic (exact) mass is 173 g/mol. The van der Waals surface area contributed by atoms with Gasteiger partial charge in [-0.1, -0.05) is 19.8 Å². The van der Waals surface area contributed by atoms with Gasteiger partial charge in [-0.05, 0) is 13.0 Å². The van der Waals surface area contributed by atoms with Crippen molar-refractivity contribution in [1.29, 1.82) is 0 Å². The molecule has 0 aliphatic heterocycles. The summed E-state index contributed by atoms with van der Waals surface area (Å²) in [5.41, 5.74) is 0. The van der Waals surface area contributed by atoms with Crippen LogP contribution in [0.3, 0.4) is 0 Å². The van der Waals surface area contributed by atoms with Crippen LogP contribution >= 0.6 is 0 Å². The van der Waals surface area contributed by atoms with E-state index in [0.29, 0.717) is 6.42 Å². The second kappa shape index (κ2) is 8.53. The molecule has 72 valence electrons. The Bertz CT molecular complexity index is 115. The van der Waals surface area contributed by atoms with Crippen molar-refractivity contribution in [2.45, 2.75) is 32.6 Å². The van der Waals surface area contributed by atoms with E-state index in [1.807, 2.05) is 0 Å². The van der Waals surface area contributed by atoms with E-state index in [-0.39, 0.29) is 5.97 Å². The first-order valence-corrected chi connectivity index (χ1v) is 4.58. The number of rotatable bonds is 7. The molecule has 0 atom stereocenters. The predicted octanol–water partition coefficient (Wildman–Crippen LogP) is 1.33. The topological polar surface area (TPSA) is 38.3 Å². The molecule has 3 nitrogen and oxygen atoms in total. The summed E-state index contributed by atoms with van der Waals surface area (Å²) in [5, 5.41) is 3.18. The second-order valence-corrected chi connectivity index (χ2v) is 2.78. The Morgan fingerprint density at radius 1 is 1.33 bits per heavy atom. The van der Waals surface area contributed by atoms with Gasteiger partial charge in [-0.3, -0.25) is 4.79 Å². The SMILES string of the molecule is CCCCCNCCC(=O)OC.